The number of thiazole rings is 1. The van der Waals surface area contributed by atoms with Crippen molar-refractivity contribution in [3.8, 4) is 0 Å². The molecule has 1 saturated heterocycles. The lowest BCUT2D eigenvalue weighted by Crippen LogP contribution is -2.68. The van der Waals surface area contributed by atoms with E-state index in [-0.39, 0.29) is 17.2 Å². The van der Waals surface area contributed by atoms with Gasteiger partial charge in [0, 0.05) is 16.2 Å². The van der Waals surface area contributed by atoms with Crippen LogP contribution in [0.5, 0.6) is 0 Å². The Morgan fingerprint density at radius 2 is 2.36 bits per heavy atom. The number of aromatic nitrogens is 1. The van der Waals surface area contributed by atoms with E-state index in [1.54, 1.807) is 11.6 Å². The third-order valence-corrected chi connectivity index (χ3v) is 5.61. The van der Waals surface area contributed by atoms with Crippen LogP contribution in [0.25, 0.3) is 6.08 Å². The molecule has 0 spiro atoms. The number of nitrogens with two attached hydrogens (primary N) is 1. The van der Waals surface area contributed by atoms with Gasteiger partial charge >= 0.3 is 6.16 Å². The number of amides is 1. The van der Waals surface area contributed by atoms with Crippen molar-refractivity contribution in [3.05, 3.63) is 33.6 Å². The number of allylic oxidation sites excluding steroid dienone is 1. The van der Waals surface area contributed by atoms with Crippen molar-refractivity contribution in [1.82, 2.24) is 9.88 Å². The predicted octanol–water partition coefficient (Wildman–Crippen LogP) is 1.61. The van der Waals surface area contributed by atoms with Gasteiger partial charge in [-0.25, -0.2) is 9.78 Å². The van der Waals surface area contributed by atoms with Gasteiger partial charge in [-0.3, -0.25) is 9.69 Å². The monoisotopic (exact) mass is 339 g/mol. The van der Waals surface area contributed by atoms with E-state index in [2.05, 4.69) is 4.98 Å². The zero-order valence-corrected chi connectivity index (χ0v) is 13.2. The number of β-lactam (4-membered cyclic amide) rings is 1. The highest BCUT2D eigenvalue weighted by Gasteiger charge is 2.51. The minimum absolute atomic E-state index is 0.0568. The van der Waals surface area contributed by atoms with Crippen LogP contribution in [-0.4, -0.2) is 44.2 Å². The van der Waals surface area contributed by atoms with Crippen molar-refractivity contribution in [1.29, 1.82) is 0 Å². The van der Waals surface area contributed by atoms with Crippen LogP contribution in [0, 0.1) is 6.92 Å². The minimum Gasteiger partial charge on any atom is -0.449 e. The summed E-state index contributed by atoms with van der Waals surface area (Å²) in [5.74, 6) is 0.258. The Labute approximate surface area is 134 Å². The highest BCUT2D eigenvalue weighted by molar-refractivity contribution is 8.00. The predicted molar refractivity (Wildman–Crippen MR) is 83.1 cm³/mol. The Hall–Kier alpha value is -1.84. The SMILES string of the molecule is Cc1ncsc1/C=C/C1=C(OC(=O)O)N2C(=O)C(N)[C@@H]2SC1. The quantitative estimate of drug-likeness (QED) is 0.636. The third kappa shape index (κ3) is 2.51. The number of aryl methyl sites for hydroxylation is 1. The standard InChI is InChI=1S/C13H13N3O4S2/c1-6-8(22-5-15-6)3-2-7-4-21-12-9(14)10(17)16(12)11(7)20-13(18)19/h2-3,5,9,12H,4,14H2,1H3,(H,18,19)/b3-2+/t9?,12-/m0/s1. The summed E-state index contributed by atoms with van der Waals surface area (Å²) in [5.41, 5.74) is 8.99. The van der Waals surface area contributed by atoms with Gasteiger partial charge in [-0.15, -0.1) is 23.1 Å². The molecule has 1 aromatic rings. The topological polar surface area (TPSA) is 106 Å². The number of ether oxygens (including phenoxy) is 1. The van der Waals surface area contributed by atoms with Gasteiger partial charge in [-0.2, -0.15) is 0 Å². The van der Waals surface area contributed by atoms with E-state index >= 15 is 0 Å². The Balaban J connectivity index is 1.92. The lowest BCUT2D eigenvalue weighted by molar-refractivity contribution is -0.144. The van der Waals surface area contributed by atoms with Crippen molar-refractivity contribution in [2.45, 2.75) is 18.3 Å². The van der Waals surface area contributed by atoms with Crippen LogP contribution in [0.4, 0.5) is 4.79 Å². The van der Waals surface area contributed by atoms with Crippen LogP contribution in [0.2, 0.25) is 0 Å². The van der Waals surface area contributed by atoms with Crippen LogP contribution in [0.1, 0.15) is 10.6 Å². The summed E-state index contributed by atoms with van der Waals surface area (Å²) < 4.78 is 4.83. The molecule has 1 amide bonds. The van der Waals surface area contributed by atoms with Crippen molar-refractivity contribution < 1.29 is 19.4 Å². The summed E-state index contributed by atoms with van der Waals surface area (Å²) in [5, 5.41) is 8.64. The second-order valence-corrected chi connectivity index (χ2v) is 6.76. The Morgan fingerprint density at radius 1 is 1.59 bits per heavy atom. The third-order valence-electron chi connectivity index (χ3n) is 3.39. The minimum atomic E-state index is -1.45. The molecule has 0 aliphatic carbocycles. The largest absolute Gasteiger partial charge is 0.512 e. The van der Waals surface area contributed by atoms with E-state index in [0.717, 1.165) is 10.6 Å². The van der Waals surface area contributed by atoms with E-state index in [9.17, 15) is 9.59 Å². The summed E-state index contributed by atoms with van der Waals surface area (Å²) in [6.45, 7) is 1.89. The van der Waals surface area contributed by atoms with E-state index in [0.29, 0.717) is 11.3 Å². The fourth-order valence-electron chi connectivity index (χ4n) is 2.24. The Morgan fingerprint density at radius 3 is 3.00 bits per heavy atom. The maximum atomic E-state index is 11.9. The molecule has 22 heavy (non-hydrogen) atoms. The molecular formula is C13H13N3O4S2. The number of rotatable bonds is 3. The van der Waals surface area contributed by atoms with Gasteiger partial charge in [0.15, 0.2) is 0 Å². The van der Waals surface area contributed by atoms with E-state index in [4.69, 9.17) is 15.6 Å². The number of carboxylic acid groups (broad SMARTS) is 1. The Kier molecular flexibility index (Phi) is 3.94. The lowest BCUT2D eigenvalue weighted by atomic mass is 10.1. The number of nitrogens with zero attached hydrogens (tertiary/aromatic N) is 2. The zero-order valence-electron chi connectivity index (χ0n) is 11.6. The molecule has 0 saturated carbocycles. The van der Waals surface area contributed by atoms with Gasteiger partial charge in [-0.05, 0) is 13.0 Å². The normalized spacial score (nSPS) is 24.5. The molecule has 9 heteroatoms. The molecule has 3 heterocycles. The maximum absolute atomic E-state index is 11.9. The number of fused-ring (bicyclic) bond motifs is 1. The first-order valence-electron chi connectivity index (χ1n) is 6.41. The summed E-state index contributed by atoms with van der Waals surface area (Å²) in [4.78, 5) is 29.2. The van der Waals surface area contributed by atoms with Crippen LogP contribution in [0.15, 0.2) is 23.0 Å². The van der Waals surface area contributed by atoms with Crippen LogP contribution >= 0.6 is 23.1 Å². The highest BCUT2D eigenvalue weighted by atomic mass is 32.2. The fourth-order valence-corrected chi connectivity index (χ4v) is 4.17. The number of carbonyl (C=O) groups excluding carboxylic acids is 1. The second kappa shape index (κ2) is 5.75. The number of carbonyl (C=O) groups is 2. The van der Waals surface area contributed by atoms with Crippen molar-refractivity contribution in [2.24, 2.45) is 5.73 Å². The molecule has 0 aromatic carbocycles. The van der Waals surface area contributed by atoms with Gasteiger partial charge in [0.1, 0.15) is 11.4 Å². The highest BCUT2D eigenvalue weighted by Crippen LogP contribution is 2.40. The average Bonchev–Trinajstić information content (AvgIpc) is 2.89. The summed E-state index contributed by atoms with van der Waals surface area (Å²) >= 11 is 2.98. The number of hydrogen-bond donors (Lipinski definition) is 2. The Bertz CT molecular complexity index is 697. The van der Waals surface area contributed by atoms with Gasteiger partial charge in [0.25, 0.3) is 0 Å². The summed E-state index contributed by atoms with van der Waals surface area (Å²) in [6, 6.07) is -0.605. The van der Waals surface area contributed by atoms with E-state index in [1.165, 1.54) is 28.0 Å². The molecule has 7 nitrogen and oxygen atoms in total. The molecule has 3 rings (SSSR count). The molecule has 1 unspecified atom stereocenters. The van der Waals surface area contributed by atoms with Crippen molar-refractivity contribution in [2.75, 3.05) is 5.75 Å². The van der Waals surface area contributed by atoms with Crippen LogP contribution in [0.3, 0.4) is 0 Å². The molecule has 2 atom stereocenters. The maximum Gasteiger partial charge on any atom is 0.512 e. The summed E-state index contributed by atoms with van der Waals surface area (Å²) in [6.07, 6.45) is 2.16. The molecule has 0 radical (unpaired) electrons. The van der Waals surface area contributed by atoms with Gasteiger partial charge < -0.3 is 15.6 Å². The zero-order chi connectivity index (χ0) is 15.9. The molecule has 116 valence electrons. The first-order chi connectivity index (χ1) is 10.5. The smallest absolute Gasteiger partial charge is 0.449 e. The van der Waals surface area contributed by atoms with Crippen LogP contribution in [-0.2, 0) is 9.53 Å². The molecule has 0 bridgehead atoms. The van der Waals surface area contributed by atoms with Crippen molar-refractivity contribution >= 4 is 41.2 Å². The molecule has 3 N–H and O–H groups in total. The second-order valence-electron chi connectivity index (χ2n) is 4.77. The number of hydrogen-bond acceptors (Lipinski definition) is 7. The molecular weight excluding hydrogens is 326 g/mol. The van der Waals surface area contributed by atoms with Gasteiger partial charge in [-0.1, -0.05) is 6.08 Å². The molecule has 1 fully saturated rings. The van der Waals surface area contributed by atoms with Gasteiger partial charge in [0.2, 0.25) is 11.8 Å². The molecule has 1 aromatic heterocycles. The first kappa shape index (κ1) is 15.1. The fraction of sp³-hybridized carbons (Fsp3) is 0.308. The van der Waals surface area contributed by atoms with E-state index in [1.807, 2.05) is 13.0 Å². The van der Waals surface area contributed by atoms with Crippen LogP contribution < -0.4 is 5.73 Å². The average molecular weight is 339 g/mol. The van der Waals surface area contributed by atoms with Gasteiger partial charge in [0.05, 0.1) is 11.2 Å². The number of thioether (sulfide) groups is 1. The molecule has 2 aliphatic heterocycles. The van der Waals surface area contributed by atoms with E-state index < -0.39 is 12.2 Å². The molecule has 2 aliphatic rings. The summed E-state index contributed by atoms with van der Waals surface area (Å²) in [7, 11) is 0. The van der Waals surface area contributed by atoms with Crippen molar-refractivity contribution in [3.63, 3.8) is 0 Å². The first-order valence-corrected chi connectivity index (χ1v) is 8.34. The lowest BCUT2D eigenvalue weighted by Gasteiger charge is -2.47.